The summed E-state index contributed by atoms with van der Waals surface area (Å²) in [4.78, 5) is 26.5. The quantitative estimate of drug-likeness (QED) is 0.0424. The van der Waals surface area contributed by atoms with Crippen molar-refractivity contribution in [2.24, 2.45) is 35.5 Å². The van der Waals surface area contributed by atoms with Gasteiger partial charge in [0.2, 0.25) is 0 Å². The average Bonchev–Trinajstić information content (AvgIpc) is 4.05. The van der Waals surface area contributed by atoms with Gasteiger partial charge in [-0.3, -0.25) is 9.59 Å². The van der Waals surface area contributed by atoms with Gasteiger partial charge in [0.25, 0.3) is 0 Å². The zero-order chi connectivity index (χ0) is 37.1. The van der Waals surface area contributed by atoms with Gasteiger partial charge in [-0.05, 0) is 133 Å². The molecule has 0 amide bonds. The number of esters is 2. The van der Waals surface area contributed by atoms with Gasteiger partial charge < -0.3 is 19.5 Å². The second-order valence-corrected chi connectivity index (χ2v) is 16.5. The lowest BCUT2D eigenvalue weighted by atomic mass is 9.92. The van der Waals surface area contributed by atoms with Crippen molar-refractivity contribution >= 4 is 11.9 Å². The molecule has 3 aliphatic rings. The molecule has 4 atom stereocenters. The monoisotopic (exact) mass is 718 g/mol. The molecule has 0 radical (unpaired) electrons. The van der Waals surface area contributed by atoms with Crippen molar-refractivity contribution in [3.8, 4) is 0 Å². The number of aliphatic hydroxyl groups excluding tert-OH is 1. The Labute approximate surface area is 315 Å². The van der Waals surface area contributed by atoms with E-state index >= 15 is 0 Å². The molecule has 3 saturated carbocycles. The third-order valence-corrected chi connectivity index (χ3v) is 12.2. The Morgan fingerprint density at radius 1 is 0.667 bits per heavy atom. The SMILES string of the molecule is C/C=C(\C)OC(=O)CCCCCCCN(CCCCO)CCCCCCCC(=O)OCCC(CCCCC)CCCCC.CC1C2CC2C2CC12. The molecule has 0 aromatic heterocycles. The summed E-state index contributed by atoms with van der Waals surface area (Å²) in [6.07, 6.45) is 30.4. The van der Waals surface area contributed by atoms with Crippen LogP contribution in [0.2, 0.25) is 0 Å². The molecule has 3 aliphatic carbocycles. The highest BCUT2D eigenvalue weighted by Gasteiger charge is 2.65. The standard InChI is InChI=1S/C37H71NO5.C8H12/c1-5-8-16-24-35(25-17-9-6-2)28-33-42-36(40)26-18-12-10-14-20-29-38(31-22-23-32-39)30-21-15-11-13-19-27-37(41)43-34(4)7-3;1-4-5-2-7(5)8-3-6(4)8/h7,35,39H,5-6,8-33H2,1-4H3;4-8H,2-3H2,1H3/b34-7+;. The van der Waals surface area contributed by atoms with Crippen molar-refractivity contribution in [3.63, 3.8) is 0 Å². The summed E-state index contributed by atoms with van der Waals surface area (Å²) < 4.78 is 10.8. The molecule has 298 valence electrons. The second-order valence-electron chi connectivity index (χ2n) is 16.5. The van der Waals surface area contributed by atoms with Gasteiger partial charge in [0.1, 0.15) is 5.76 Å². The van der Waals surface area contributed by atoms with Crippen molar-refractivity contribution in [2.75, 3.05) is 32.8 Å². The Balaban J connectivity index is 0.000000950. The van der Waals surface area contributed by atoms with Gasteiger partial charge in [0.05, 0.1) is 6.61 Å². The van der Waals surface area contributed by atoms with Gasteiger partial charge in [-0.1, -0.05) is 111 Å². The molecule has 1 N–H and O–H groups in total. The van der Waals surface area contributed by atoms with E-state index in [0.29, 0.717) is 31.1 Å². The van der Waals surface area contributed by atoms with Crippen LogP contribution in [-0.2, 0) is 19.1 Å². The van der Waals surface area contributed by atoms with Gasteiger partial charge in [-0.25, -0.2) is 0 Å². The Kier molecular flexibility index (Phi) is 26.0. The third-order valence-electron chi connectivity index (χ3n) is 12.2. The zero-order valence-electron chi connectivity index (χ0n) is 34.3. The summed E-state index contributed by atoms with van der Waals surface area (Å²) in [6, 6.07) is 0. The lowest BCUT2D eigenvalue weighted by Crippen LogP contribution is -2.27. The summed E-state index contributed by atoms with van der Waals surface area (Å²) in [5.74, 6) is 7.26. The number of unbranched alkanes of at least 4 members (excludes halogenated alkanes) is 13. The first-order valence-electron chi connectivity index (χ1n) is 22.2. The number of aliphatic hydroxyl groups is 1. The van der Waals surface area contributed by atoms with E-state index in [4.69, 9.17) is 9.47 Å². The van der Waals surface area contributed by atoms with Crippen LogP contribution in [0, 0.1) is 35.5 Å². The molecule has 6 nitrogen and oxygen atoms in total. The molecule has 0 aromatic carbocycles. The molecule has 0 spiro atoms. The van der Waals surface area contributed by atoms with E-state index in [2.05, 4.69) is 25.7 Å². The second kappa shape index (κ2) is 29.0. The first-order valence-corrected chi connectivity index (χ1v) is 22.2. The molecule has 51 heavy (non-hydrogen) atoms. The molecule has 3 fully saturated rings. The highest BCUT2D eigenvalue weighted by atomic mass is 16.5. The Morgan fingerprint density at radius 2 is 1.16 bits per heavy atom. The summed E-state index contributed by atoms with van der Waals surface area (Å²) in [7, 11) is 0. The molecule has 6 heteroatoms. The van der Waals surface area contributed by atoms with Crippen molar-refractivity contribution in [3.05, 3.63) is 11.8 Å². The van der Waals surface area contributed by atoms with Gasteiger partial charge >= 0.3 is 11.9 Å². The molecule has 0 bridgehead atoms. The molecule has 0 aliphatic heterocycles. The molecule has 0 aromatic rings. The van der Waals surface area contributed by atoms with E-state index in [-0.39, 0.29) is 18.5 Å². The highest BCUT2D eigenvalue weighted by molar-refractivity contribution is 5.70. The summed E-state index contributed by atoms with van der Waals surface area (Å²) in [5.41, 5.74) is 0. The van der Waals surface area contributed by atoms with Crippen LogP contribution in [0.1, 0.15) is 195 Å². The van der Waals surface area contributed by atoms with Gasteiger partial charge in [-0.2, -0.15) is 0 Å². The molecular formula is C45H83NO5. The first kappa shape index (κ1) is 45.8. The molecule has 4 unspecified atom stereocenters. The number of rotatable bonds is 32. The fourth-order valence-corrected chi connectivity index (χ4v) is 8.54. The predicted octanol–water partition coefficient (Wildman–Crippen LogP) is 11.8. The Hall–Kier alpha value is -1.40. The minimum absolute atomic E-state index is 0.0143. The van der Waals surface area contributed by atoms with E-state index in [9.17, 15) is 14.7 Å². The number of carbonyl (C=O) groups is 2. The van der Waals surface area contributed by atoms with Crippen LogP contribution in [0.5, 0.6) is 0 Å². The van der Waals surface area contributed by atoms with E-state index < -0.39 is 0 Å². The van der Waals surface area contributed by atoms with Crippen molar-refractivity contribution in [1.82, 2.24) is 4.90 Å². The van der Waals surface area contributed by atoms with Crippen LogP contribution in [-0.4, -0.2) is 54.8 Å². The van der Waals surface area contributed by atoms with Crippen LogP contribution >= 0.6 is 0 Å². The van der Waals surface area contributed by atoms with Crippen LogP contribution in [0.25, 0.3) is 0 Å². The number of nitrogens with zero attached hydrogens (tertiary/aromatic N) is 1. The number of hydrogen-bond acceptors (Lipinski definition) is 6. The molecule has 3 rings (SSSR count). The van der Waals surface area contributed by atoms with Gasteiger partial charge in [0.15, 0.2) is 0 Å². The topological polar surface area (TPSA) is 76.1 Å². The normalized spacial score (nSPS) is 21.6. The lowest BCUT2D eigenvalue weighted by Gasteiger charge is -2.22. The highest BCUT2D eigenvalue weighted by Crippen LogP contribution is 2.72. The van der Waals surface area contributed by atoms with Crippen molar-refractivity contribution in [2.45, 2.75) is 195 Å². The fraction of sp³-hybridized carbons (Fsp3) is 0.911. The number of hydrogen-bond donors (Lipinski definition) is 1. The van der Waals surface area contributed by atoms with Crippen LogP contribution in [0.15, 0.2) is 11.8 Å². The largest absolute Gasteiger partial charge is 0.466 e. The summed E-state index contributed by atoms with van der Waals surface area (Å²) in [5, 5.41) is 9.18. The number of ether oxygens (including phenoxy) is 2. The van der Waals surface area contributed by atoms with Crippen LogP contribution in [0.4, 0.5) is 0 Å². The smallest absolute Gasteiger partial charge is 0.310 e. The molecule has 0 heterocycles. The van der Waals surface area contributed by atoms with E-state index in [0.717, 1.165) is 76.9 Å². The summed E-state index contributed by atoms with van der Waals surface area (Å²) in [6.45, 7) is 14.8. The number of allylic oxidation sites excluding steroid dienone is 2. The van der Waals surface area contributed by atoms with Crippen LogP contribution in [0.3, 0.4) is 0 Å². The molecule has 0 saturated heterocycles. The third kappa shape index (κ3) is 21.8. The number of carbonyl (C=O) groups excluding carboxylic acids is 2. The Bertz CT molecular complexity index is 885. The summed E-state index contributed by atoms with van der Waals surface area (Å²) >= 11 is 0. The van der Waals surface area contributed by atoms with E-state index in [1.807, 2.05) is 19.9 Å². The van der Waals surface area contributed by atoms with E-state index in [1.165, 1.54) is 107 Å². The average molecular weight is 718 g/mol. The minimum atomic E-state index is -0.125. The first-order chi connectivity index (χ1) is 24.8. The maximum Gasteiger partial charge on any atom is 0.310 e. The van der Waals surface area contributed by atoms with Gasteiger partial charge in [0, 0.05) is 19.4 Å². The minimum Gasteiger partial charge on any atom is -0.466 e. The van der Waals surface area contributed by atoms with E-state index in [1.54, 1.807) is 12.8 Å². The van der Waals surface area contributed by atoms with Crippen LogP contribution < -0.4 is 0 Å². The van der Waals surface area contributed by atoms with Crippen molar-refractivity contribution in [1.29, 1.82) is 0 Å². The number of fused-ring (bicyclic) bond motifs is 3. The zero-order valence-corrected chi connectivity index (χ0v) is 34.3. The lowest BCUT2D eigenvalue weighted by molar-refractivity contribution is -0.144. The van der Waals surface area contributed by atoms with Crippen molar-refractivity contribution < 1.29 is 24.2 Å². The fourth-order valence-electron chi connectivity index (χ4n) is 8.54. The maximum atomic E-state index is 12.2. The maximum absolute atomic E-state index is 12.2. The predicted molar refractivity (Wildman–Crippen MR) is 213 cm³/mol. The van der Waals surface area contributed by atoms with Gasteiger partial charge in [-0.15, -0.1) is 0 Å². The Morgan fingerprint density at radius 3 is 1.63 bits per heavy atom. The molecular weight excluding hydrogens is 634 g/mol.